The standard InChI is InChI=1S/C24H27ClN6O2/c1-17-4-9-21(25)22(12-17)31(11-10-26)24-13-23(27-16-28-24)29-18-5-7-20(8-6-18)33-15-19(32)14-30(2)3/h4-9,12-13,16,19,32H,11,14-15H2,1-3H3,(H,27,28,29)/t19-/m1/s1. The highest BCUT2D eigenvalue weighted by Crippen LogP contribution is 2.32. The van der Waals surface area contributed by atoms with Gasteiger partial charge >= 0.3 is 0 Å². The molecule has 3 rings (SSSR count). The number of benzene rings is 2. The lowest BCUT2D eigenvalue weighted by atomic mass is 10.2. The second-order valence-electron chi connectivity index (χ2n) is 7.84. The molecule has 3 aromatic rings. The van der Waals surface area contributed by atoms with Crippen molar-refractivity contribution in [1.29, 1.82) is 5.26 Å². The van der Waals surface area contributed by atoms with Crippen molar-refractivity contribution >= 4 is 34.6 Å². The number of hydrogen-bond acceptors (Lipinski definition) is 8. The molecule has 33 heavy (non-hydrogen) atoms. The summed E-state index contributed by atoms with van der Waals surface area (Å²) in [5.74, 6) is 1.79. The number of aliphatic hydroxyl groups is 1. The van der Waals surface area contributed by atoms with Gasteiger partial charge in [-0.25, -0.2) is 9.97 Å². The molecule has 0 aliphatic rings. The summed E-state index contributed by atoms with van der Waals surface area (Å²) in [6, 6.07) is 16.9. The molecule has 1 aromatic heterocycles. The topological polar surface area (TPSA) is 97.5 Å². The van der Waals surface area contributed by atoms with Crippen LogP contribution in [0.4, 0.5) is 23.0 Å². The molecule has 9 heteroatoms. The summed E-state index contributed by atoms with van der Waals surface area (Å²) in [7, 11) is 3.80. The first-order valence-corrected chi connectivity index (χ1v) is 10.8. The van der Waals surface area contributed by atoms with E-state index in [0.717, 1.165) is 11.3 Å². The van der Waals surface area contributed by atoms with Crippen molar-refractivity contribution in [3.05, 3.63) is 65.4 Å². The first-order chi connectivity index (χ1) is 15.9. The quantitative estimate of drug-likeness (QED) is 0.430. The minimum Gasteiger partial charge on any atom is -0.491 e. The first-order valence-electron chi connectivity index (χ1n) is 10.4. The van der Waals surface area contributed by atoms with Gasteiger partial charge in [0.2, 0.25) is 0 Å². The van der Waals surface area contributed by atoms with E-state index in [4.69, 9.17) is 16.3 Å². The number of nitrogens with zero attached hydrogens (tertiary/aromatic N) is 5. The highest BCUT2D eigenvalue weighted by molar-refractivity contribution is 6.33. The average Bonchev–Trinajstić information content (AvgIpc) is 2.78. The number of nitriles is 1. The summed E-state index contributed by atoms with van der Waals surface area (Å²) in [6.07, 6.45) is 0.880. The highest BCUT2D eigenvalue weighted by atomic mass is 35.5. The van der Waals surface area contributed by atoms with E-state index >= 15 is 0 Å². The van der Waals surface area contributed by atoms with Gasteiger partial charge in [-0.3, -0.25) is 0 Å². The zero-order chi connectivity index (χ0) is 23.8. The Hall–Kier alpha value is -3.38. The van der Waals surface area contributed by atoms with Gasteiger partial charge in [0.15, 0.2) is 0 Å². The largest absolute Gasteiger partial charge is 0.491 e. The predicted molar refractivity (Wildman–Crippen MR) is 131 cm³/mol. The van der Waals surface area contributed by atoms with Crippen LogP contribution in [-0.4, -0.2) is 59.9 Å². The number of likely N-dealkylation sites (N-methyl/N-ethyl adjacent to an activating group) is 1. The van der Waals surface area contributed by atoms with Crippen molar-refractivity contribution in [2.75, 3.05) is 44.0 Å². The van der Waals surface area contributed by atoms with E-state index in [1.54, 1.807) is 17.0 Å². The van der Waals surface area contributed by atoms with Gasteiger partial charge in [0.25, 0.3) is 0 Å². The van der Waals surface area contributed by atoms with E-state index in [-0.39, 0.29) is 13.2 Å². The molecular formula is C24H27ClN6O2. The van der Waals surface area contributed by atoms with Gasteiger partial charge < -0.3 is 25.0 Å². The Morgan fingerprint density at radius 3 is 2.61 bits per heavy atom. The van der Waals surface area contributed by atoms with Gasteiger partial charge in [-0.15, -0.1) is 0 Å². The number of rotatable bonds is 10. The summed E-state index contributed by atoms with van der Waals surface area (Å²) >= 11 is 6.39. The number of ether oxygens (including phenoxy) is 1. The molecule has 0 unspecified atom stereocenters. The van der Waals surface area contributed by atoms with Crippen molar-refractivity contribution in [2.45, 2.75) is 13.0 Å². The van der Waals surface area contributed by atoms with Crippen LogP contribution in [0, 0.1) is 18.3 Å². The summed E-state index contributed by atoms with van der Waals surface area (Å²) < 4.78 is 5.64. The lowest BCUT2D eigenvalue weighted by Gasteiger charge is -2.22. The molecule has 1 heterocycles. The molecule has 0 amide bonds. The van der Waals surface area contributed by atoms with Gasteiger partial charge in [-0.05, 0) is 63.0 Å². The molecule has 2 aromatic carbocycles. The summed E-state index contributed by atoms with van der Waals surface area (Å²) in [4.78, 5) is 12.3. The summed E-state index contributed by atoms with van der Waals surface area (Å²) in [5.41, 5.74) is 2.54. The molecule has 0 bridgehead atoms. The van der Waals surface area contributed by atoms with Crippen molar-refractivity contribution in [2.24, 2.45) is 0 Å². The maximum atomic E-state index is 9.93. The lowest BCUT2D eigenvalue weighted by Crippen LogP contribution is -2.30. The zero-order valence-corrected chi connectivity index (χ0v) is 19.6. The molecule has 172 valence electrons. The van der Waals surface area contributed by atoms with E-state index in [1.807, 2.05) is 62.3 Å². The fourth-order valence-electron chi connectivity index (χ4n) is 3.20. The Bertz CT molecular complexity index is 1100. The third-order valence-electron chi connectivity index (χ3n) is 4.70. The Balaban J connectivity index is 1.71. The van der Waals surface area contributed by atoms with E-state index in [2.05, 4.69) is 21.4 Å². The van der Waals surface area contributed by atoms with Crippen LogP contribution in [0.5, 0.6) is 5.75 Å². The molecule has 0 saturated carbocycles. The molecule has 0 fully saturated rings. The molecule has 2 N–H and O–H groups in total. The monoisotopic (exact) mass is 466 g/mol. The van der Waals surface area contributed by atoms with Crippen LogP contribution in [0.15, 0.2) is 54.9 Å². The molecule has 0 saturated heterocycles. The fourth-order valence-corrected chi connectivity index (χ4v) is 3.42. The van der Waals surface area contributed by atoms with Crippen molar-refractivity contribution < 1.29 is 9.84 Å². The number of hydrogen-bond donors (Lipinski definition) is 2. The van der Waals surface area contributed by atoms with Gasteiger partial charge in [-0.2, -0.15) is 5.26 Å². The van der Waals surface area contributed by atoms with Gasteiger partial charge in [0.1, 0.15) is 43.0 Å². The lowest BCUT2D eigenvalue weighted by molar-refractivity contribution is 0.0831. The predicted octanol–water partition coefficient (Wildman–Crippen LogP) is 4.15. The number of nitrogens with one attached hydrogen (secondary N) is 1. The molecule has 0 aliphatic heterocycles. The van der Waals surface area contributed by atoms with Crippen LogP contribution in [0.1, 0.15) is 5.56 Å². The Kier molecular flexibility index (Phi) is 8.44. The fraction of sp³-hybridized carbons (Fsp3) is 0.292. The normalized spacial score (nSPS) is 11.7. The Morgan fingerprint density at radius 2 is 1.91 bits per heavy atom. The van der Waals surface area contributed by atoms with E-state index in [9.17, 15) is 10.4 Å². The van der Waals surface area contributed by atoms with Crippen LogP contribution in [0.2, 0.25) is 5.02 Å². The molecule has 0 aliphatic carbocycles. The maximum Gasteiger partial charge on any atom is 0.139 e. The van der Waals surface area contributed by atoms with Crippen LogP contribution in [0.25, 0.3) is 0 Å². The summed E-state index contributed by atoms with van der Waals surface area (Å²) in [5, 5.41) is 23.0. The second-order valence-corrected chi connectivity index (χ2v) is 8.24. The summed E-state index contributed by atoms with van der Waals surface area (Å²) in [6.45, 7) is 2.81. The van der Waals surface area contributed by atoms with Crippen LogP contribution in [0.3, 0.4) is 0 Å². The molecule has 0 spiro atoms. The minimum absolute atomic E-state index is 0.0886. The van der Waals surface area contributed by atoms with Gasteiger partial charge in [-0.1, -0.05) is 17.7 Å². The van der Waals surface area contributed by atoms with Crippen LogP contribution in [-0.2, 0) is 0 Å². The first kappa shape index (κ1) is 24.3. The molecule has 0 radical (unpaired) electrons. The number of aromatic nitrogens is 2. The van der Waals surface area contributed by atoms with Crippen LogP contribution < -0.4 is 15.0 Å². The maximum absolute atomic E-state index is 9.93. The minimum atomic E-state index is -0.560. The molecule has 8 nitrogen and oxygen atoms in total. The molecule has 1 atom stereocenters. The van der Waals surface area contributed by atoms with E-state index < -0.39 is 6.10 Å². The van der Waals surface area contributed by atoms with Gasteiger partial charge in [0.05, 0.1) is 16.8 Å². The average molecular weight is 467 g/mol. The van der Waals surface area contributed by atoms with Crippen molar-refractivity contribution in [3.8, 4) is 11.8 Å². The number of halogens is 1. The van der Waals surface area contributed by atoms with Crippen LogP contribution >= 0.6 is 11.6 Å². The van der Waals surface area contributed by atoms with E-state index in [1.165, 1.54) is 6.33 Å². The van der Waals surface area contributed by atoms with Crippen molar-refractivity contribution in [3.63, 3.8) is 0 Å². The highest BCUT2D eigenvalue weighted by Gasteiger charge is 2.15. The molecular weight excluding hydrogens is 440 g/mol. The number of aliphatic hydroxyl groups excluding tert-OH is 1. The smallest absolute Gasteiger partial charge is 0.139 e. The second kappa shape index (κ2) is 11.5. The number of anilines is 4. The third kappa shape index (κ3) is 7.05. The van der Waals surface area contributed by atoms with Crippen molar-refractivity contribution in [1.82, 2.24) is 14.9 Å². The number of aryl methyl sites for hydroxylation is 1. The Morgan fingerprint density at radius 1 is 1.15 bits per heavy atom. The van der Waals surface area contributed by atoms with E-state index in [0.29, 0.717) is 34.6 Å². The van der Waals surface area contributed by atoms with Gasteiger partial charge in [0, 0.05) is 18.3 Å². The zero-order valence-electron chi connectivity index (χ0n) is 18.9. The SMILES string of the molecule is Cc1ccc(Cl)c(N(CC#N)c2cc(Nc3ccc(OC[C@H](O)CN(C)C)cc3)ncn2)c1. The Labute approximate surface area is 199 Å². The third-order valence-corrected chi connectivity index (χ3v) is 5.02.